The average Bonchev–Trinajstić information content (AvgIpc) is 2.58. The molecule has 0 amide bonds. The van der Waals surface area contributed by atoms with Crippen LogP contribution < -0.4 is 0 Å². The van der Waals surface area contributed by atoms with E-state index in [-0.39, 0.29) is 11.6 Å². The Kier molecular flexibility index (Phi) is 16.1. The van der Waals surface area contributed by atoms with Crippen LogP contribution in [0, 0.1) is 0 Å². The largest absolute Gasteiger partial charge is 0.460 e. The van der Waals surface area contributed by atoms with Crippen molar-refractivity contribution in [2.24, 2.45) is 0 Å². The zero-order valence-electron chi connectivity index (χ0n) is 17.6. The summed E-state index contributed by atoms with van der Waals surface area (Å²) in [5.41, 5.74) is -0.307. The van der Waals surface area contributed by atoms with Crippen molar-refractivity contribution in [3.8, 4) is 0 Å². The van der Waals surface area contributed by atoms with Crippen molar-refractivity contribution in [2.75, 3.05) is 0 Å². The molecular formula is C23H44O2. The Morgan fingerprint density at radius 1 is 0.760 bits per heavy atom. The van der Waals surface area contributed by atoms with Crippen molar-refractivity contribution in [1.29, 1.82) is 0 Å². The van der Waals surface area contributed by atoms with Crippen LogP contribution in [0.4, 0.5) is 0 Å². The molecule has 0 unspecified atom stereocenters. The zero-order valence-corrected chi connectivity index (χ0v) is 17.6. The lowest BCUT2D eigenvalue weighted by Crippen LogP contribution is -2.26. The summed E-state index contributed by atoms with van der Waals surface area (Å²) in [5.74, 6) is -0.0375. The summed E-state index contributed by atoms with van der Waals surface area (Å²) in [4.78, 5) is 11.7. The molecule has 0 spiro atoms. The molecule has 0 atom stereocenters. The van der Waals surface area contributed by atoms with E-state index in [0.29, 0.717) is 6.42 Å². The Balaban J connectivity index is 3.30. The van der Waals surface area contributed by atoms with Gasteiger partial charge in [-0.1, -0.05) is 77.4 Å². The van der Waals surface area contributed by atoms with E-state index in [2.05, 4.69) is 26.0 Å². The Morgan fingerprint density at radius 2 is 1.24 bits per heavy atom. The second kappa shape index (κ2) is 16.7. The quantitative estimate of drug-likeness (QED) is 0.152. The molecule has 0 aromatic rings. The van der Waals surface area contributed by atoms with E-state index in [9.17, 15) is 4.79 Å². The third kappa shape index (κ3) is 17.8. The first-order chi connectivity index (χ1) is 12.0. The molecule has 25 heavy (non-hydrogen) atoms. The molecule has 2 nitrogen and oxygen atoms in total. The lowest BCUT2D eigenvalue weighted by molar-refractivity contribution is -0.156. The molecule has 0 saturated carbocycles. The molecule has 0 aliphatic rings. The van der Waals surface area contributed by atoms with Crippen molar-refractivity contribution < 1.29 is 9.53 Å². The number of hydrogen-bond donors (Lipinski definition) is 0. The maximum atomic E-state index is 11.7. The minimum absolute atomic E-state index is 0.0375. The van der Waals surface area contributed by atoms with Crippen molar-refractivity contribution in [1.82, 2.24) is 0 Å². The molecule has 0 N–H and O–H groups in total. The summed E-state index contributed by atoms with van der Waals surface area (Å²) in [6.45, 7) is 8.27. The van der Waals surface area contributed by atoms with Crippen LogP contribution in [-0.2, 0) is 9.53 Å². The number of rotatable bonds is 17. The van der Waals surface area contributed by atoms with E-state index < -0.39 is 0 Å². The van der Waals surface area contributed by atoms with Crippen LogP contribution >= 0.6 is 0 Å². The van der Waals surface area contributed by atoms with Crippen LogP contribution in [-0.4, -0.2) is 11.6 Å². The maximum Gasteiger partial charge on any atom is 0.306 e. The third-order valence-corrected chi connectivity index (χ3v) is 4.88. The Hall–Kier alpha value is -0.790. The standard InChI is InChI=1S/C23H44O2/c1-5-7-8-9-10-11-12-13-14-15-16-17-18-19-20-21-22(24)25-23(3,4)6-2/h13-14H,5-12,15-21H2,1-4H3/b14-13-. The van der Waals surface area contributed by atoms with E-state index in [4.69, 9.17) is 4.74 Å². The van der Waals surface area contributed by atoms with Crippen LogP contribution in [0.15, 0.2) is 12.2 Å². The molecule has 0 saturated heterocycles. The van der Waals surface area contributed by atoms with Gasteiger partial charge in [0.15, 0.2) is 0 Å². The third-order valence-electron chi connectivity index (χ3n) is 4.88. The molecule has 2 heteroatoms. The SMILES string of the molecule is CCCCCCCC/C=C\CCCCCCCC(=O)OC(C)(C)CC. The molecule has 0 aromatic carbocycles. The summed E-state index contributed by atoms with van der Waals surface area (Å²) >= 11 is 0. The highest BCUT2D eigenvalue weighted by Crippen LogP contribution is 2.16. The predicted molar refractivity (Wildman–Crippen MR) is 110 cm³/mol. The second-order valence-electron chi connectivity index (χ2n) is 7.92. The number of allylic oxidation sites excluding steroid dienone is 2. The maximum absolute atomic E-state index is 11.7. The predicted octanol–water partition coefficient (Wildman–Crippen LogP) is 7.76. The molecule has 0 aliphatic heterocycles. The lowest BCUT2D eigenvalue weighted by Gasteiger charge is -2.23. The van der Waals surface area contributed by atoms with Gasteiger partial charge in [-0.15, -0.1) is 0 Å². The van der Waals surface area contributed by atoms with Crippen LogP contribution in [0.25, 0.3) is 0 Å². The number of hydrogen-bond acceptors (Lipinski definition) is 2. The Bertz CT molecular complexity index is 331. The van der Waals surface area contributed by atoms with E-state index in [1.54, 1.807) is 0 Å². The van der Waals surface area contributed by atoms with Crippen LogP contribution in [0.3, 0.4) is 0 Å². The molecule has 0 radical (unpaired) electrons. The molecule has 0 aliphatic carbocycles. The normalized spacial score (nSPS) is 12.0. The van der Waals surface area contributed by atoms with E-state index in [1.807, 2.05) is 13.8 Å². The van der Waals surface area contributed by atoms with Gasteiger partial charge in [0.2, 0.25) is 0 Å². The fraction of sp³-hybridized carbons (Fsp3) is 0.870. The van der Waals surface area contributed by atoms with Crippen molar-refractivity contribution >= 4 is 5.97 Å². The van der Waals surface area contributed by atoms with Gasteiger partial charge in [0.25, 0.3) is 0 Å². The fourth-order valence-electron chi connectivity index (χ4n) is 2.77. The first-order valence-electron chi connectivity index (χ1n) is 10.9. The van der Waals surface area contributed by atoms with Gasteiger partial charge in [-0.25, -0.2) is 0 Å². The smallest absolute Gasteiger partial charge is 0.306 e. The average molecular weight is 353 g/mol. The van der Waals surface area contributed by atoms with Crippen molar-refractivity contribution in [3.05, 3.63) is 12.2 Å². The minimum Gasteiger partial charge on any atom is -0.460 e. The first-order valence-corrected chi connectivity index (χ1v) is 10.9. The summed E-state index contributed by atoms with van der Waals surface area (Å²) in [6.07, 6.45) is 22.8. The highest BCUT2D eigenvalue weighted by molar-refractivity contribution is 5.69. The number of unbranched alkanes of at least 4 members (excludes halogenated alkanes) is 11. The highest BCUT2D eigenvalue weighted by atomic mass is 16.6. The zero-order chi connectivity index (χ0) is 18.8. The van der Waals surface area contributed by atoms with Gasteiger partial charge in [0.05, 0.1) is 0 Å². The fourth-order valence-corrected chi connectivity index (χ4v) is 2.77. The number of carbonyl (C=O) groups is 1. The summed E-state index contributed by atoms with van der Waals surface area (Å²) in [5, 5.41) is 0. The summed E-state index contributed by atoms with van der Waals surface area (Å²) < 4.78 is 5.46. The Labute approximate surface area is 157 Å². The molecule has 0 fully saturated rings. The minimum atomic E-state index is -0.307. The van der Waals surface area contributed by atoms with Crippen LogP contribution in [0.5, 0.6) is 0 Å². The molecule has 0 heterocycles. The van der Waals surface area contributed by atoms with Crippen molar-refractivity contribution in [2.45, 2.75) is 130 Å². The topological polar surface area (TPSA) is 26.3 Å². The van der Waals surface area contributed by atoms with Gasteiger partial charge < -0.3 is 4.74 Å². The number of ether oxygens (including phenoxy) is 1. The van der Waals surface area contributed by atoms with Crippen molar-refractivity contribution in [3.63, 3.8) is 0 Å². The molecule has 0 aromatic heterocycles. The van der Waals surface area contributed by atoms with Gasteiger partial charge in [-0.2, -0.15) is 0 Å². The van der Waals surface area contributed by atoms with Gasteiger partial charge in [-0.05, 0) is 52.4 Å². The first kappa shape index (κ1) is 24.2. The molecule has 148 valence electrons. The van der Waals surface area contributed by atoms with E-state index in [0.717, 1.165) is 19.3 Å². The molecular weight excluding hydrogens is 308 g/mol. The van der Waals surface area contributed by atoms with Gasteiger partial charge in [0, 0.05) is 6.42 Å². The van der Waals surface area contributed by atoms with Crippen LogP contribution in [0.2, 0.25) is 0 Å². The van der Waals surface area contributed by atoms with Gasteiger partial charge >= 0.3 is 5.97 Å². The second-order valence-corrected chi connectivity index (χ2v) is 7.92. The van der Waals surface area contributed by atoms with Crippen LogP contribution in [0.1, 0.15) is 124 Å². The number of esters is 1. The highest BCUT2D eigenvalue weighted by Gasteiger charge is 2.19. The Morgan fingerprint density at radius 3 is 1.76 bits per heavy atom. The summed E-state index contributed by atoms with van der Waals surface area (Å²) in [7, 11) is 0. The molecule has 0 bridgehead atoms. The van der Waals surface area contributed by atoms with E-state index in [1.165, 1.54) is 70.6 Å². The lowest BCUT2D eigenvalue weighted by atomic mass is 10.1. The van der Waals surface area contributed by atoms with Gasteiger partial charge in [-0.3, -0.25) is 4.79 Å². The number of carbonyl (C=O) groups excluding carboxylic acids is 1. The monoisotopic (exact) mass is 352 g/mol. The molecule has 0 rings (SSSR count). The summed E-state index contributed by atoms with van der Waals surface area (Å²) in [6, 6.07) is 0. The van der Waals surface area contributed by atoms with Gasteiger partial charge in [0.1, 0.15) is 5.60 Å². The van der Waals surface area contributed by atoms with E-state index >= 15 is 0 Å².